The van der Waals surface area contributed by atoms with Gasteiger partial charge >= 0.3 is 0 Å². The molecule has 0 spiro atoms. The number of fused-ring (bicyclic) bond motifs is 1. The van der Waals surface area contributed by atoms with Crippen LogP contribution in [-0.4, -0.2) is 10.5 Å². The van der Waals surface area contributed by atoms with Crippen LogP contribution >= 0.6 is 11.6 Å². The molecule has 1 N–H and O–H groups in total. The van der Waals surface area contributed by atoms with E-state index in [0.717, 1.165) is 41.4 Å². The second-order valence-electron chi connectivity index (χ2n) is 6.56. The molecule has 2 aromatic carbocycles. The number of anilines is 1. The summed E-state index contributed by atoms with van der Waals surface area (Å²) in [6, 6.07) is 15.7. The lowest BCUT2D eigenvalue weighted by Crippen LogP contribution is -2.46. The fraction of sp³-hybridized carbons (Fsp3) is 0.250. The van der Waals surface area contributed by atoms with Crippen LogP contribution < -0.4 is 5.32 Å². The minimum Gasteiger partial charge on any atom is -0.350 e. The number of amides is 1. The molecule has 0 bridgehead atoms. The number of carbonyl (C=O) groups excluding carboxylic acids is 1. The van der Waals surface area contributed by atoms with Crippen LogP contribution in [0.3, 0.4) is 0 Å². The molecule has 0 saturated heterocycles. The predicted octanol–water partition coefficient (Wildman–Crippen LogP) is 4.89. The molecular formula is C20H19ClN2O. The normalized spacial score (nSPS) is 15.9. The van der Waals surface area contributed by atoms with Crippen molar-refractivity contribution in [1.29, 1.82) is 0 Å². The zero-order valence-electron chi connectivity index (χ0n) is 13.6. The average molecular weight is 339 g/mol. The lowest BCUT2D eigenvalue weighted by molar-refractivity contribution is -0.124. The number of rotatable bonds is 3. The van der Waals surface area contributed by atoms with Crippen LogP contribution in [-0.2, 0) is 17.3 Å². The van der Waals surface area contributed by atoms with Gasteiger partial charge in [0.25, 0.3) is 0 Å². The number of hydrogen-bond donors (Lipinski definition) is 1. The largest absolute Gasteiger partial charge is 0.350 e. The summed E-state index contributed by atoms with van der Waals surface area (Å²) in [5.74, 6) is 0.0763. The third-order valence-corrected chi connectivity index (χ3v) is 5.47. The summed E-state index contributed by atoms with van der Waals surface area (Å²) >= 11 is 6.00. The highest BCUT2D eigenvalue weighted by Crippen LogP contribution is 2.45. The number of nitrogens with one attached hydrogen (secondary N) is 1. The van der Waals surface area contributed by atoms with Gasteiger partial charge in [-0.2, -0.15) is 0 Å². The van der Waals surface area contributed by atoms with Gasteiger partial charge in [-0.15, -0.1) is 0 Å². The Labute approximate surface area is 146 Å². The van der Waals surface area contributed by atoms with E-state index in [1.165, 1.54) is 0 Å². The van der Waals surface area contributed by atoms with Gasteiger partial charge in [-0.1, -0.05) is 36.2 Å². The molecular weight excluding hydrogens is 320 g/mol. The number of hydrogen-bond acceptors (Lipinski definition) is 1. The first kappa shape index (κ1) is 15.3. The number of carbonyl (C=O) groups is 1. The van der Waals surface area contributed by atoms with E-state index in [4.69, 9.17) is 11.6 Å². The quantitative estimate of drug-likeness (QED) is 0.724. The Kier molecular flexibility index (Phi) is 3.61. The Morgan fingerprint density at radius 1 is 1.12 bits per heavy atom. The Morgan fingerprint density at radius 2 is 1.88 bits per heavy atom. The molecule has 1 aromatic heterocycles. The molecule has 122 valence electrons. The Balaban J connectivity index is 1.68. The number of aromatic nitrogens is 1. The fourth-order valence-corrected chi connectivity index (χ4v) is 3.73. The maximum atomic E-state index is 13.1. The van der Waals surface area contributed by atoms with Crippen molar-refractivity contribution in [3.05, 3.63) is 65.3 Å². The molecule has 1 heterocycles. The predicted molar refractivity (Wildman–Crippen MR) is 98.5 cm³/mol. The maximum absolute atomic E-state index is 13.1. The van der Waals surface area contributed by atoms with Gasteiger partial charge in [0.2, 0.25) is 5.91 Å². The molecule has 1 amide bonds. The van der Waals surface area contributed by atoms with E-state index < -0.39 is 5.41 Å². The molecule has 3 aromatic rings. The average Bonchev–Trinajstić information content (AvgIpc) is 2.91. The highest BCUT2D eigenvalue weighted by molar-refractivity contribution is 6.30. The van der Waals surface area contributed by atoms with Crippen molar-refractivity contribution in [2.75, 3.05) is 5.32 Å². The molecule has 4 heteroatoms. The van der Waals surface area contributed by atoms with Gasteiger partial charge in [0, 0.05) is 29.2 Å². The number of halogens is 1. The van der Waals surface area contributed by atoms with Crippen LogP contribution in [0.4, 0.5) is 5.69 Å². The van der Waals surface area contributed by atoms with E-state index in [0.29, 0.717) is 5.02 Å². The first-order valence-electron chi connectivity index (χ1n) is 8.22. The topological polar surface area (TPSA) is 34.0 Å². The van der Waals surface area contributed by atoms with Crippen molar-refractivity contribution in [1.82, 2.24) is 4.57 Å². The molecule has 1 saturated carbocycles. The zero-order valence-corrected chi connectivity index (χ0v) is 14.3. The summed E-state index contributed by atoms with van der Waals surface area (Å²) < 4.78 is 2.06. The van der Waals surface area contributed by atoms with Crippen LogP contribution in [0.5, 0.6) is 0 Å². The highest BCUT2D eigenvalue weighted by atomic mass is 35.5. The maximum Gasteiger partial charge on any atom is 0.235 e. The minimum atomic E-state index is -0.429. The monoisotopic (exact) mass is 338 g/mol. The van der Waals surface area contributed by atoms with Crippen LogP contribution in [0.25, 0.3) is 10.9 Å². The van der Waals surface area contributed by atoms with Crippen molar-refractivity contribution < 1.29 is 4.79 Å². The second kappa shape index (κ2) is 5.67. The van der Waals surface area contributed by atoms with Crippen LogP contribution in [0, 0.1) is 0 Å². The van der Waals surface area contributed by atoms with Gasteiger partial charge in [-0.3, -0.25) is 4.79 Å². The number of benzene rings is 2. The van der Waals surface area contributed by atoms with Crippen molar-refractivity contribution in [3.63, 3.8) is 0 Å². The van der Waals surface area contributed by atoms with E-state index in [9.17, 15) is 4.79 Å². The lowest BCUT2D eigenvalue weighted by atomic mass is 9.64. The van der Waals surface area contributed by atoms with Crippen molar-refractivity contribution >= 4 is 34.1 Å². The molecule has 1 fully saturated rings. The van der Waals surface area contributed by atoms with Gasteiger partial charge in [0.1, 0.15) is 0 Å². The molecule has 1 aliphatic rings. The molecule has 3 nitrogen and oxygen atoms in total. The van der Waals surface area contributed by atoms with E-state index >= 15 is 0 Å². The first-order valence-corrected chi connectivity index (χ1v) is 8.59. The van der Waals surface area contributed by atoms with E-state index in [1.807, 2.05) is 55.7 Å². The molecule has 1 aliphatic carbocycles. The third-order valence-electron chi connectivity index (χ3n) is 5.21. The standard InChI is InChI=1S/C20H19ClN2O/c1-23-13-10-16-17(4-2-5-18(16)23)22-19(24)20(11-3-12-20)14-6-8-15(21)9-7-14/h2,4-10,13H,3,11-12H2,1H3,(H,22,24). The molecule has 0 unspecified atom stereocenters. The summed E-state index contributed by atoms with van der Waals surface area (Å²) in [7, 11) is 2.01. The molecule has 0 radical (unpaired) electrons. The third kappa shape index (κ3) is 2.31. The fourth-order valence-electron chi connectivity index (χ4n) is 3.60. The van der Waals surface area contributed by atoms with Gasteiger partial charge in [-0.25, -0.2) is 0 Å². The number of aryl methyl sites for hydroxylation is 1. The van der Waals surface area contributed by atoms with Gasteiger partial charge in [-0.05, 0) is 48.7 Å². The Bertz CT molecular complexity index is 907. The van der Waals surface area contributed by atoms with Crippen LogP contribution in [0.2, 0.25) is 5.02 Å². The first-order chi connectivity index (χ1) is 11.6. The van der Waals surface area contributed by atoms with Crippen LogP contribution in [0.1, 0.15) is 24.8 Å². The van der Waals surface area contributed by atoms with Crippen molar-refractivity contribution in [2.45, 2.75) is 24.7 Å². The Hall–Kier alpha value is -2.26. The van der Waals surface area contributed by atoms with E-state index in [2.05, 4.69) is 16.0 Å². The van der Waals surface area contributed by atoms with Gasteiger partial charge in [0.15, 0.2) is 0 Å². The van der Waals surface area contributed by atoms with Gasteiger partial charge < -0.3 is 9.88 Å². The summed E-state index contributed by atoms with van der Waals surface area (Å²) in [6.07, 6.45) is 4.85. The van der Waals surface area contributed by atoms with Crippen molar-refractivity contribution in [2.24, 2.45) is 7.05 Å². The second-order valence-corrected chi connectivity index (χ2v) is 7.00. The highest BCUT2D eigenvalue weighted by Gasteiger charge is 2.45. The Morgan fingerprint density at radius 3 is 2.54 bits per heavy atom. The summed E-state index contributed by atoms with van der Waals surface area (Å²) in [5, 5.41) is 4.93. The van der Waals surface area contributed by atoms with E-state index in [-0.39, 0.29) is 5.91 Å². The minimum absolute atomic E-state index is 0.0763. The number of nitrogens with zero attached hydrogens (tertiary/aromatic N) is 1. The van der Waals surface area contributed by atoms with Gasteiger partial charge in [0.05, 0.1) is 11.1 Å². The lowest BCUT2D eigenvalue weighted by Gasteiger charge is -2.40. The summed E-state index contributed by atoms with van der Waals surface area (Å²) in [5.41, 5.74) is 2.61. The van der Waals surface area contributed by atoms with Crippen molar-refractivity contribution in [3.8, 4) is 0 Å². The molecule has 0 atom stereocenters. The van der Waals surface area contributed by atoms with E-state index in [1.54, 1.807) is 0 Å². The summed E-state index contributed by atoms with van der Waals surface area (Å²) in [6.45, 7) is 0. The smallest absolute Gasteiger partial charge is 0.235 e. The molecule has 4 rings (SSSR count). The molecule has 0 aliphatic heterocycles. The molecule has 24 heavy (non-hydrogen) atoms. The zero-order chi connectivity index (χ0) is 16.7. The van der Waals surface area contributed by atoms with Crippen LogP contribution in [0.15, 0.2) is 54.7 Å². The summed E-state index contributed by atoms with van der Waals surface area (Å²) in [4.78, 5) is 13.1. The SMILES string of the molecule is Cn1ccc2c(NC(=O)C3(c4ccc(Cl)cc4)CCC3)cccc21.